The van der Waals surface area contributed by atoms with Crippen molar-refractivity contribution >= 4 is 11.9 Å². The molecular formula is C25H29N5O2. The van der Waals surface area contributed by atoms with Gasteiger partial charge in [-0.25, -0.2) is 4.79 Å². The van der Waals surface area contributed by atoms with Crippen LogP contribution in [0.5, 0.6) is 0 Å². The SMILES string of the molecule is O=C(NCc1ccccc1)NC1(C(=O)NCc2ccc(Cn3cccn3)cc2)CCCC1. The third kappa shape index (κ3) is 5.55. The smallest absolute Gasteiger partial charge is 0.315 e. The van der Waals surface area contributed by atoms with Gasteiger partial charge < -0.3 is 16.0 Å². The zero-order valence-corrected chi connectivity index (χ0v) is 18.1. The lowest BCUT2D eigenvalue weighted by Crippen LogP contribution is -2.59. The Morgan fingerprint density at radius 3 is 2.19 bits per heavy atom. The highest BCUT2D eigenvalue weighted by Crippen LogP contribution is 2.30. The van der Waals surface area contributed by atoms with Crippen LogP contribution in [0.3, 0.4) is 0 Å². The highest BCUT2D eigenvalue weighted by molar-refractivity contribution is 5.91. The van der Waals surface area contributed by atoms with E-state index < -0.39 is 5.54 Å². The van der Waals surface area contributed by atoms with E-state index in [2.05, 4.69) is 21.0 Å². The summed E-state index contributed by atoms with van der Waals surface area (Å²) in [7, 11) is 0. The van der Waals surface area contributed by atoms with E-state index in [-0.39, 0.29) is 11.9 Å². The predicted octanol–water partition coefficient (Wildman–Crippen LogP) is 3.36. The van der Waals surface area contributed by atoms with Crippen molar-refractivity contribution in [2.45, 2.75) is 50.9 Å². The number of nitrogens with zero attached hydrogens (tertiary/aromatic N) is 2. The molecule has 0 saturated heterocycles. The van der Waals surface area contributed by atoms with E-state index >= 15 is 0 Å². The first-order valence-electron chi connectivity index (χ1n) is 11.1. The molecule has 1 fully saturated rings. The van der Waals surface area contributed by atoms with Crippen molar-refractivity contribution in [2.24, 2.45) is 0 Å². The maximum atomic E-state index is 13.1. The summed E-state index contributed by atoms with van der Waals surface area (Å²) in [6, 6.07) is 19.4. The Hall–Kier alpha value is -3.61. The second kappa shape index (κ2) is 10.1. The Morgan fingerprint density at radius 2 is 1.50 bits per heavy atom. The van der Waals surface area contributed by atoms with Gasteiger partial charge in [0.05, 0.1) is 6.54 Å². The van der Waals surface area contributed by atoms with E-state index in [0.29, 0.717) is 32.5 Å². The van der Waals surface area contributed by atoms with Crippen molar-refractivity contribution in [3.8, 4) is 0 Å². The molecule has 1 aliphatic carbocycles. The molecule has 3 aromatic rings. The molecule has 32 heavy (non-hydrogen) atoms. The topological polar surface area (TPSA) is 88.0 Å². The Balaban J connectivity index is 1.30. The number of nitrogens with one attached hydrogen (secondary N) is 3. The van der Waals surface area contributed by atoms with E-state index in [1.807, 2.05) is 71.5 Å². The minimum Gasteiger partial charge on any atom is -0.350 e. The molecule has 4 rings (SSSR count). The number of benzene rings is 2. The van der Waals surface area contributed by atoms with Gasteiger partial charge in [0.1, 0.15) is 5.54 Å². The fourth-order valence-electron chi connectivity index (χ4n) is 4.12. The first-order valence-corrected chi connectivity index (χ1v) is 11.1. The van der Waals surface area contributed by atoms with Crippen LogP contribution in [-0.4, -0.2) is 27.3 Å². The third-order valence-corrected chi connectivity index (χ3v) is 5.92. The van der Waals surface area contributed by atoms with Gasteiger partial charge in [-0.2, -0.15) is 5.10 Å². The van der Waals surface area contributed by atoms with E-state index in [1.54, 1.807) is 6.20 Å². The summed E-state index contributed by atoms with van der Waals surface area (Å²) in [5.41, 5.74) is 2.33. The van der Waals surface area contributed by atoms with Crippen LogP contribution in [0, 0.1) is 0 Å². The number of hydrogen-bond donors (Lipinski definition) is 3. The molecule has 0 bridgehead atoms. The average Bonchev–Trinajstić information content (AvgIpc) is 3.51. The van der Waals surface area contributed by atoms with Crippen molar-refractivity contribution in [3.05, 3.63) is 89.7 Å². The van der Waals surface area contributed by atoms with Crippen LogP contribution in [0.4, 0.5) is 4.79 Å². The molecule has 166 valence electrons. The van der Waals surface area contributed by atoms with E-state index in [0.717, 1.165) is 29.5 Å². The lowest BCUT2D eigenvalue weighted by Gasteiger charge is -2.29. The van der Waals surface area contributed by atoms with Gasteiger partial charge in [-0.3, -0.25) is 9.48 Å². The molecule has 7 nitrogen and oxygen atoms in total. The van der Waals surface area contributed by atoms with E-state index in [9.17, 15) is 9.59 Å². The minimum atomic E-state index is -0.846. The molecule has 0 unspecified atom stereocenters. The number of rotatable bonds is 8. The lowest BCUT2D eigenvalue weighted by atomic mass is 9.96. The van der Waals surface area contributed by atoms with Crippen molar-refractivity contribution in [2.75, 3.05) is 0 Å². The monoisotopic (exact) mass is 431 g/mol. The summed E-state index contributed by atoms with van der Waals surface area (Å²) in [6.45, 7) is 1.57. The number of amides is 3. The summed E-state index contributed by atoms with van der Waals surface area (Å²) in [5.74, 6) is -0.120. The summed E-state index contributed by atoms with van der Waals surface area (Å²) in [5, 5.41) is 13.1. The standard InChI is InChI=1S/C25H29N5O2/c31-23(26-17-21-9-11-22(12-10-21)19-30-16-6-15-28-30)25(13-4-5-14-25)29-24(32)27-18-20-7-2-1-3-8-20/h1-3,6-12,15-16H,4-5,13-14,17-19H2,(H,26,31)(H2,27,29,32). The molecule has 0 radical (unpaired) electrons. The molecule has 3 N–H and O–H groups in total. The average molecular weight is 432 g/mol. The zero-order chi connectivity index (χ0) is 22.2. The second-order valence-electron chi connectivity index (χ2n) is 8.29. The molecule has 1 saturated carbocycles. The van der Waals surface area contributed by atoms with Gasteiger partial charge in [0.15, 0.2) is 0 Å². The maximum absolute atomic E-state index is 13.1. The van der Waals surface area contributed by atoms with Crippen molar-refractivity contribution in [1.82, 2.24) is 25.7 Å². The molecule has 3 amide bonds. The van der Waals surface area contributed by atoms with Gasteiger partial charge >= 0.3 is 6.03 Å². The highest BCUT2D eigenvalue weighted by atomic mass is 16.2. The fraction of sp³-hybridized carbons (Fsp3) is 0.320. The van der Waals surface area contributed by atoms with Crippen molar-refractivity contribution < 1.29 is 9.59 Å². The summed E-state index contributed by atoms with van der Waals surface area (Å²) in [6.07, 6.45) is 6.85. The number of urea groups is 1. The Morgan fingerprint density at radius 1 is 0.844 bits per heavy atom. The van der Waals surface area contributed by atoms with Gasteiger partial charge in [0.25, 0.3) is 0 Å². The molecule has 7 heteroatoms. The van der Waals surface area contributed by atoms with Crippen LogP contribution in [0.2, 0.25) is 0 Å². The fourth-order valence-corrected chi connectivity index (χ4v) is 4.12. The first-order chi connectivity index (χ1) is 15.6. The normalized spacial score (nSPS) is 14.6. The molecule has 1 aromatic heterocycles. The zero-order valence-electron chi connectivity index (χ0n) is 18.1. The van der Waals surface area contributed by atoms with Gasteiger partial charge in [-0.15, -0.1) is 0 Å². The Kier molecular flexibility index (Phi) is 6.84. The van der Waals surface area contributed by atoms with Crippen molar-refractivity contribution in [3.63, 3.8) is 0 Å². The van der Waals surface area contributed by atoms with E-state index in [1.165, 1.54) is 0 Å². The number of carbonyl (C=O) groups excluding carboxylic acids is 2. The minimum absolute atomic E-state index is 0.120. The maximum Gasteiger partial charge on any atom is 0.315 e. The summed E-state index contributed by atoms with van der Waals surface area (Å²) in [4.78, 5) is 25.6. The Labute approximate surface area is 188 Å². The summed E-state index contributed by atoms with van der Waals surface area (Å²) < 4.78 is 1.87. The molecule has 0 spiro atoms. The number of hydrogen-bond acceptors (Lipinski definition) is 3. The van der Waals surface area contributed by atoms with Crippen LogP contribution in [0.15, 0.2) is 73.1 Å². The quantitative estimate of drug-likeness (QED) is 0.511. The third-order valence-electron chi connectivity index (χ3n) is 5.92. The number of aromatic nitrogens is 2. The van der Waals surface area contributed by atoms with E-state index in [4.69, 9.17) is 0 Å². The summed E-state index contributed by atoms with van der Waals surface area (Å²) >= 11 is 0. The largest absolute Gasteiger partial charge is 0.350 e. The molecule has 1 aliphatic rings. The van der Waals surface area contributed by atoms with Crippen molar-refractivity contribution in [1.29, 1.82) is 0 Å². The highest BCUT2D eigenvalue weighted by Gasteiger charge is 2.42. The van der Waals surface area contributed by atoms with Crippen LogP contribution in [0.1, 0.15) is 42.4 Å². The molecular weight excluding hydrogens is 402 g/mol. The van der Waals surface area contributed by atoms with Crippen LogP contribution in [0.25, 0.3) is 0 Å². The number of carbonyl (C=O) groups is 2. The lowest BCUT2D eigenvalue weighted by molar-refractivity contribution is -0.127. The van der Waals surface area contributed by atoms with Crippen LogP contribution in [-0.2, 0) is 24.4 Å². The van der Waals surface area contributed by atoms with Gasteiger partial charge in [-0.1, -0.05) is 67.4 Å². The first kappa shape index (κ1) is 21.6. The predicted molar refractivity (Wildman–Crippen MR) is 123 cm³/mol. The second-order valence-corrected chi connectivity index (χ2v) is 8.29. The molecule has 2 aromatic carbocycles. The van der Waals surface area contributed by atoms with Gasteiger partial charge in [0.2, 0.25) is 5.91 Å². The molecule has 1 heterocycles. The molecule has 0 aliphatic heterocycles. The van der Waals surface area contributed by atoms with Crippen LogP contribution >= 0.6 is 0 Å². The van der Waals surface area contributed by atoms with Gasteiger partial charge in [0, 0.05) is 25.5 Å². The molecule has 0 atom stereocenters. The Bertz CT molecular complexity index is 1010. The van der Waals surface area contributed by atoms with Gasteiger partial charge in [-0.05, 0) is 35.6 Å². The van der Waals surface area contributed by atoms with Crippen LogP contribution < -0.4 is 16.0 Å².